The van der Waals surface area contributed by atoms with Gasteiger partial charge in [-0.2, -0.15) is 0 Å². The van der Waals surface area contributed by atoms with Gasteiger partial charge < -0.3 is 19.5 Å². The summed E-state index contributed by atoms with van der Waals surface area (Å²) in [5, 5.41) is 20.3. The van der Waals surface area contributed by atoms with Gasteiger partial charge >= 0.3 is 0 Å². The Bertz CT molecular complexity index is 631. The van der Waals surface area contributed by atoms with E-state index in [2.05, 4.69) is 27.4 Å². The van der Waals surface area contributed by atoms with Gasteiger partial charge in [0.15, 0.2) is 0 Å². The topological polar surface area (TPSA) is 70.8 Å². The standard InChI is InChI=1S/C18H25N3O3/c1-2-9-20(15-12-24-13-16(22)18(15)23)11-14-6-5-10-21(14)17-7-3-4-8-19-17/h3-8,10,15-16,18,22-23H,2,9,11-13H2,1H3/t15-,16-,18+/m1/s1. The fraction of sp³-hybridized carbons (Fsp3) is 0.500. The van der Waals surface area contributed by atoms with Crippen molar-refractivity contribution in [3.63, 3.8) is 0 Å². The molecule has 0 unspecified atom stereocenters. The summed E-state index contributed by atoms with van der Waals surface area (Å²) in [6.07, 6.45) is 3.11. The van der Waals surface area contributed by atoms with E-state index in [0.29, 0.717) is 13.2 Å². The van der Waals surface area contributed by atoms with E-state index in [9.17, 15) is 10.2 Å². The molecule has 0 aliphatic carbocycles. The fourth-order valence-electron chi connectivity index (χ4n) is 3.21. The second-order valence-corrected chi connectivity index (χ2v) is 6.19. The number of hydrogen-bond donors (Lipinski definition) is 2. The van der Waals surface area contributed by atoms with E-state index >= 15 is 0 Å². The molecule has 3 rings (SSSR count). The van der Waals surface area contributed by atoms with Crippen molar-refractivity contribution in [2.75, 3.05) is 19.8 Å². The van der Waals surface area contributed by atoms with Crippen LogP contribution in [-0.4, -0.2) is 62.7 Å². The minimum atomic E-state index is -0.828. The van der Waals surface area contributed by atoms with Crippen molar-refractivity contribution in [1.82, 2.24) is 14.5 Å². The number of aliphatic hydroxyl groups is 2. The van der Waals surface area contributed by atoms with Gasteiger partial charge in [-0.05, 0) is 37.2 Å². The minimum Gasteiger partial charge on any atom is -0.389 e. The molecule has 0 bridgehead atoms. The van der Waals surface area contributed by atoms with Gasteiger partial charge in [0.1, 0.15) is 11.9 Å². The molecule has 3 atom stereocenters. The molecule has 1 aliphatic heterocycles. The van der Waals surface area contributed by atoms with Crippen molar-refractivity contribution in [3.05, 3.63) is 48.4 Å². The quantitative estimate of drug-likeness (QED) is 0.832. The van der Waals surface area contributed by atoms with Crippen molar-refractivity contribution in [2.45, 2.75) is 38.1 Å². The SMILES string of the molecule is CCCN(Cc1cccn1-c1ccccn1)[C@@H]1COC[C@@H](O)[C@H]1O. The van der Waals surface area contributed by atoms with E-state index in [1.54, 1.807) is 6.20 Å². The van der Waals surface area contributed by atoms with Gasteiger partial charge in [0.05, 0.1) is 25.4 Å². The largest absolute Gasteiger partial charge is 0.389 e. The number of aromatic nitrogens is 2. The zero-order valence-corrected chi connectivity index (χ0v) is 14.0. The molecule has 0 spiro atoms. The molecule has 0 aromatic carbocycles. The van der Waals surface area contributed by atoms with Gasteiger partial charge in [-0.3, -0.25) is 4.90 Å². The second kappa shape index (κ2) is 7.90. The lowest BCUT2D eigenvalue weighted by molar-refractivity contribution is -0.134. The third-order valence-corrected chi connectivity index (χ3v) is 4.44. The van der Waals surface area contributed by atoms with Gasteiger partial charge in [0, 0.05) is 24.6 Å². The highest BCUT2D eigenvalue weighted by molar-refractivity contribution is 5.27. The predicted octanol–water partition coefficient (Wildman–Crippen LogP) is 1.20. The van der Waals surface area contributed by atoms with Crippen molar-refractivity contribution in [2.24, 2.45) is 0 Å². The lowest BCUT2D eigenvalue weighted by Crippen LogP contribution is -2.55. The average molecular weight is 331 g/mol. The monoisotopic (exact) mass is 331 g/mol. The van der Waals surface area contributed by atoms with Crippen LogP contribution in [0, 0.1) is 0 Å². The molecular formula is C18H25N3O3. The van der Waals surface area contributed by atoms with Gasteiger partial charge in [-0.1, -0.05) is 13.0 Å². The number of rotatable bonds is 6. The fourth-order valence-corrected chi connectivity index (χ4v) is 3.21. The first-order valence-corrected chi connectivity index (χ1v) is 8.46. The van der Waals surface area contributed by atoms with E-state index in [1.165, 1.54) is 0 Å². The minimum absolute atomic E-state index is 0.196. The maximum Gasteiger partial charge on any atom is 0.136 e. The summed E-state index contributed by atoms with van der Waals surface area (Å²) < 4.78 is 7.51. The van der Waals surface area contributed by atoms with E-state index < -0.39 is 12.2 Å². The van der Waals surface area contributed by atoms with E-state index in [1.807, 2.05) is 30.5 Å². The maximum absolute atomic E-state index is 10.4. The zero-order valence-electron chi connectivity index (χ0n) is 14.0. The number of aliphatic hydroxyl groups excluding tert-OH is 2. The lowest BCUT2D eigenvalue weighted by Gasteiger charge is -2.39. The molecule has 3 heterocycles. The van der Waals surface area contributed by atoms with Gasteiger partial charge in [-0.15, -0.1) is 0 Å². The van der Waals surface area contributed by atoms with Crippen LogP contribution in [0.2, 0.25) is 0 Å². The normalized spacial score (nSPS) is 24.4. The van der Waals surface area contributed by atoms with Crippen molar-refractivity contribution in [3.8, 4) is 5.82 Å². The predicted molar refractivity (Wildman–Crippen MR) is 90.9 cm³/mol. The summed E-state index contributed by atoms with van der Waals surface area (Å²) in [6.45, 7) is 4.22. The molecule has 2 N–H and O–H groups in total. The smallest absolute Gasteiger partial charge is 0.136 e. The van der Waals surface area contributed by atoms with Crippen LogP contribution in [-0.2, 0) is 11.3 Å². The molecular weight excluding hydrogens is 306 g/mol. The van der Waals surface area contributed by atoms with E-state index in [4.69, 9.17) is 4.74 Å². The Morgan fingerprint density at radius 1 is 1.25 bits per heavy atom. The molecule has 1 fully saturated rings. The highest BCUT2D eigenvalue weighted by Crippen LogP contribution is 2.20. The molecule has 130 valence electrons. The number of ether oxygens (including phenoxy) is 1. The number of nitrogens with zero attached hydrogens (tertiary/aromatic N) is 3. The molecule has 1 aliphatic rings. The van der Waals surface area contributed by atoms with Crippen LogP contribution in [0.5, 0.6) is 0 Å². The van der Waals surface area contributed by atoms with Crippen molar-refractivity contribution in [1.29, 1.82) is 0 Å². The molecule has 0 radical (unpaired) electrons. The molecule has 0 saturated carbocycles. The number of hydrogen-bond acceptors (Lipinski definition) is 5. The molecule has 2 aromatic rings. The number of pyridine rings is 1. The third-order valence-electron chi connectivity index (χ3n) is 4.44. The molecule has 2 aromatic heterocycles. The van der Waals surface area contributed by atoms with Crippen LogP contribution in [0.15, 0.2) is 42.7 Å². The summed E-state index contributed by atoms with van der Waals surface area (Å²) in [5.74, 6) is 0.870. The van der Waals surface area contributed by atoms with Crippen LogP contribution in [0.4, 0.5) is 0 Å². The van der Waals surface area contributed by atoms with Crippen LogP contribution < -0.4 is 0 Å². The molecule has 24 heavy (non-hydrogen) atoms. The Balaban J connectivity index is 1.81. The van der Waals surface area contributed by atoms with Crippen LogP contribution in [0.3, 0.4) is 0 Å². The van der Waals surface area contributed by atoms with Crippen LogP contribution in [0.1, 0.15) is 19.0 Å². The van der Waals surface area contributed by atoms with E-state index in [-0.39, 0.29) is 12.6 Å². The summed E-state index contributed by atoms with van der Waals surface area (Å²) in [5.41, 5.74) is 1.09. The molecule has 6 heteroatoms. The molecule has 0 amide bonds. The van der Waals surface area contributed by atoms with Crippen molar-refractivity contribution < 1.29 is 14.9 Å². The Hall–Kier alpha value is -1.73. The van der Waals surface area contributed by atoms with Crippen LogP contribution >= 0.6 is 0 Å². The average Bonchev–Trinajstić information content (AvgIpc) is 3.06. The first-order valence-electron chi connectivity index (χ1n) is 8.46. The maximum atomic E-state index is 10.4. The van der Waals surface area contributed by atoms with Gasteiger partial charge in [0.25, 0.3) is 0 Å². The van der Waals surface area contributed by atoms with Crippen molar-refractivity contribution >= 4 is 0 Å². The Morgan fingerprint density at radius 3 is 2.88 bits per heavy atom. The Labute approximate surface area is 142 Å². The highest BCUT2D eigenvalue weighted by Gasteiger charge is 2.35. The first kappa shape index (κ1) is 17.1. The first-order chi connectivity index (χ1) is 11.7. The Kier molecular flexibility index (Phi) is 5.63. The van der Waals surface area contributed by atoms with Gasteiger partial charge in [0.2, 0.25) is 0 Å². The summed E-state index contributed by atoms with van der Waals surface area (Å²) >= 11 is 0. The Morgan fingerprint density at radius 2 is 2.12 bits per heavy atom. The molecule has 6 nitrogen and oxygen atoms in total. The van der Waals surface area contributed by atoms with Gasteiger partial charge in [-0.25, -0.2) is 4.98 Å². The molecule has 1 saturated heterocycles. The summed E-state index contributed by atoms with van der Waals surface area (Å²) in [7, 11) is 0. The second-order valence-electron chi connectivity index (χ2n) is 6.19. The lowest BCUT2D eigenvalue weighted by atomic mass is 10.0. The van der Waals surface area contributed by atoms with Crippen LogP contribution in [0.25, 0.3) is 5.82 Å². The highest BCUT2D eigenvalue weighted by atomic mass is 16.5. The summed E-state index contributed by atoms with van der Waals surface area (Å²) in [4.78, 5) is 6.59. The summed E-state index contributed by atoms with van der Waals surface area (Å²) in [6, 6.07) is 9.68. The van der Waals surface area contributed by atoms with E-state index in [0.717, 1.165) is 24.5 Å². The zero-order chi connectivity index (χ0) is 16.9. The third kappa shape index (κ3) is 3.67.